The molecular formula is C20H22N2O3. The molecule has 1 aliphatic heterocycles. The molecule has 0 spiro atoms. The molecule has 0 aromatic heterocycles. The Morgan fingerprint density at radius 3 is 2.44 bits per heavy atom. The lowest BCUT2D eigenvalue weighted by molar-refractivity contribution is 0.171. The molecule has 1 fully saturated rings. The van der Waals surface area contributed by atoms with Gasteiger partial charge in [-0.3, -0.25) is 0 Å². The van der Waals surface area contributed by atoms with Crippen molar-refractivity contribution in [3.05, 3.63) is 53.1 Å². The maximum Gasteiger partial charge on any atom is 0.319 e. The van der Waals surface area contributed by atoms with E-state index < -0.39 is 0 Å². The van der Waals surface area contributed by atoms with Crippen LogP contribution in [0.25, 0.3) is 0 Å². The Hall–Kier alpha value is -2.69. The van der Waals surface area contributed by atoms with Crippen LogP contribution < -0.4 is 20.1 Å². The van der Waals surface area contributed by atoms with Crippen LogP contribution in [0.15, 0.2) is 36.4 Å². The molecular weight excluding hydrogens is 316 g/mol. The van der Waals surface area contributed by atoms with Crippen LogP contribution in [0, 0.1) is 13.8 Å². The third kappa shape index (κ3) is 3.14. The summed E-state index contributed by atoms with van der Waals surface area (Å²) in [6, 6.07) is 11.7. The van der Waals surface area contributed by atoms with E-state index in [1.807, 2.05) is 43.3 Å². The molecule has 5 nitrogen and oxygen atoms in total. The summed E-state index contributed by atoms with van der Waals surface area (Å²) in [4.78, 5) is 12.4. The highest BCUT2D eigenvalue weighted by molar-refractivity contribution is 5.90. The quantitative estimate of drug-likeness (QED) is 0.893. The molecule has 0 atom stereocenters. The van der Waals surface area contributed by atoms with Gasteiger partial charge in [-0.2, -0.15) is 0 Å². The number of aryl methyl sites for hydroxylation is 2. The minimum Gasteiger partial charge on any atom is -0.486 e. The fourth-order valence-electron chi connectivity index (χ4n) is 3.15. The molecule has 2 N–H and O–H groups in total. The fourth-order valence-corrected chi connectivity index (χ4v) is 3.15. The molecule has 1 saturated carbocycles. The lowest BCUT2D eigenvalue weighted by Crippen LogP contribution is -2.38. The SMILES string of the molecule is Cc1ccc(NC(=O)NC2(c3ccc4c(c3)OCCO4)CC2)cc1C. The van der Waals surface area contributed by atoms with Gasteiger partial charge in [-0.15, -0.1) is 0 Å². The molecule has 25 heavy (non-hydrogen) atoms. The van der Waals surface area contributed by atoms with Gasteiger partial charge < -0.3 is 20.1 Å². The molecule has 2 aromatic rings. The van der Waals surface area contributed by atoms with Crippen molar-refractivity contribution in [2.45, 2.75) is 32.2 Å². The summed E-state index contributed by atoms with van der Waals surface area (Å²) >= 11 is 0. The standard InChI is InChI=1S/C20H22N2O3/c1-13-3-5-16(11-14(13)2)21-19(23)22-20(7-8-20)15-4-6-17-18(12-15)25-10-9-24-17/h3-6,11-12H,7-10H2,1-2H3,(H2,21,22,23). The van der Waals surface area contributed by atoms with Gasteiger partial charge in [0, 0.05) is 5.69 Å². The monoisotopic (exact) mass is 338 g/mol. The predicted octanol–water partition coefficient (Wildman–Crippen LogP) is 3.89. The molecule has 0 unspecified atom stereocenters. The highest BCUT2D eigenvalue weighted by Crippen LogP contribution is 2.47. The minimum atomic E-state index is -0.306. The molecule has 2 amide bonds. The fraction of sp³-hybridized carbons (Fsp3) is 0.350. The molecule has 5 heteroatoms. The van der Waals surface area contributed by atoms with Gasteiger partial charge in [0.1, 0.15) is 13.2 Å². The average Bonchev–Trinajstić information content (AvgIpc) is 3.38. The van der Waals surface area contributed by atoms with Crippen molar-refractivity contribution < 1.29 is 14.3 Å². The van der Waals surface area contributed by atoms with E-state index in [9.17, 15) is 4.79 Å². The van der Waals surface area contributed by atoms with Crippen LogP contribution in [-0.2, 0) is 5.54 Å². The van der Waals surface area contributed by atoms with Gasteiger partial charge in [-0.25, -0.2) is 4.79 Å². The summed E-state index contributed by atoms with van der Waals surface area (Å²) < 4.78 is 11.2. The van der Waals surface area contributed by atoms with Crippen LogP contribution >= 0.6 is 0 Å². The Morgan fingerprint density at radius 2 is 1.72 bits per heavy atom. The number of urea groups is 1. The molecule has 0 bridgehead atoms. The van der Waals surface area contributed by atoms with Crippen LogP contribution in [0.2, 0.25) is 0 Å². The smallest absolute Gasteiger partial charge is 0.319 e. The van der Waals surface area contributed by atoms with Gasteiger partial charge in [-0.05, 0) is 67.6 Å². The van der Waals surface area contributed by atoms with Crippen molar-refractivity contribution in [2.75, 3.05) is 18.5 Å². The van der Waals surface area contributed by atoms with Gasteiger partial charge >= 0.3 is 6.03 Å². The number of hydrogen-bond acceptors (Lipinski definition) is 3. The normalized spacial score (nSPS) is 16.9. The third-order valence-electron chi connectivity index (χ3n) is 4.96. The first-order valence-electron chi connectivity index (χ1n) is 8.62. The summed E-state index contributed by atoms with van der Waals surface area (Å²) in [5, 5.41) is 6.06. The number of nitrogens with one attached hydrogen (secondary N) is 2. The zero-order chi connectivity index (χ0) is 17.4. The van der Waals surface area contributed by atoms with E-state index in [1.165, 1.54) is 5.56 Å². The van der Waals surface area contributed by atoms with Gasteiger partial charge in [0.05, 0.1) is 5.54 Å². The minimum absolute atomic E-state index is 0.185. The van der Waals surface area contributed by atoms with Crippen LogP contribution in [-0.4, -0.2) is 19.2 Å². The van der Waals surface area contributed by atoms with Crippen molar-refractivity contribution in [1.82, 2.24) is 5.32 Å². The predicted molar refractivity (Wildman–Crippen MR) is 96.4 cm³/mol. The first-order valence-corrected chi connectivity index (χ1v) is 8.62. The number of amides is 2. The van der Waals surface area contributed by atoms with E-state index in [0.29, 0.717) is 13.2 Å². The molecule has 2 aromatic carbocycles. The lowest BCUT2D eigenvalue weighted by Gasteiger charge is -2.23. The average molecular weight is 338 g/mol. The van der Waals surface area contributed by atoms with Crippen LogP contribution in [0.1, 0.15) is 29.5 Å². The van der Waals surface area contributed by atoms with Gasteiger partial charge in [0.2, 0.25) is 0 Å². The Bertz CT molecular complexity index is 828. The number of anilines is 1. The van der Waals surface area contributed by atoms with Crippen LogP contribution in [0.3, 0.4) is 0 Å². The second-order valence-corrected chi connectivity index (χ2v) is 6.82. The lowest BCUT2D eigenvalue weighted by atomic mass is 10.0. The third-order valence-corrected chi connectivity index (χ3v) is 4.96. The summed E-state index contributed by atoms with van der Waals surface area (Å²) in [5.74, 6) is 1.52. The van der Waals surface area contributed by atoms with Crippen molar-refractivity contribution in [2.24, 2.45) is 0 Å². The molecule has 1 heterocycles. The largest absolute Gasteiger partial charge is 0.486 e. The highest BCUT2D eigenvalue weighted by Gasteiger charge is 2.46. The van der Waals surface area contributed by atoms with E-state index in [2.05, 4.69) is 17.6 Å². The van der Waals surface area contributed by atoms with Crippen LogP contribution in [0.4, 0.5) is 10.5 Å². The number of carbonyl (C=O) groups excluding carboxylic acids is 1. The number of fused-ring (bicyclic) bond motifs is 1. The molecule has 0 radical (unpaired) electrons. The van der Waals surface area contributed by atoms with Gasteiger partial charge in [-0.1, -0.05) is 12.1 Å². The van der Waals surface area contributed by atoms with E-state index in [-0.39, 0.29) is 11.6 Å². The maximum atomic E-state index is 12.4. The Labute approximate surface area is 147 Å². The number of benzene rings is 2. The molecule has 0 saturated heterocycles. The zero-order valence-corrected chi connectivity index (χ0v) is 14.5. The summed E-state index contributed by atoms with van der Waals surface area (Å²) in [7, 11) is 0. The number of hydrogen-bond donors (Lipinski definition) is 2. The zero-order valence-electron chi connectivity index (χ0n) is 14.5. The topological polar surface area (TPSA) is 59.6 Å². The molecule has 4 rings (SSSR count). The number of rotatable bonds is 3. The summed E-state index contributed by atoms with van der Waals surface area (Å²) in [5.41, 5.74) is 3.93. The van der Waals surface area contributed by atoms with Crippen molar-refractivity contribution in [3.8, 4) is 11.5 Å². The molecule has 2 aliphatic rings. The second-order valence-electron chi connectivity index (χ2n) is 6.82. The van der Waals surface area contributed by atoms with Crippen molar-refractivity contribution in [3.63, 3.8) is 0 Å². The first kappa shape index (κ1) is 15.8. The van der Waals surface area contributed by atoms with Gasteiger partial charge in [0.15, 0.2) is 11.5 Å². The van der Waals surface area contributed by atoms with Crippen LogP contribution in [0.5, 0.6) is 11.5 Å². The van der Waals surface area contributed by atoms with Gasteiger partial charge in [0.25, 0.3) is 0 Å². The number of ether oxygens (including phenoxy) is 2. The van der Waals surface area contributed by atoms with E-state index >= 15 is 0 Å². The van der Waals surface area contributed by atoms with E-state index in [4.69, 9.17) is 9.47 Å². The summed E-state index contributed by atoms with van der Waals surface area (Å²) in [6.45, 7) is 5.23. The molecule has 130 valence electrons. The maximum absolute atomic E-state index is 12.4. The highest BCUT2D eigenvalue weighted by atomic mass is 16.6. The Balaban J connectivity index is 1.48. The first-order chi connectivity index (χ1) is 12.1. The van der Waals surface area contributed by atoms with E-state index in [1.54, 1.807) is 0 Å². The Morgan fingerprint density at radius 1 is 0.960 bits per heavy atom. The Kier molecular flexibility index (Phi) is 3.79. The van der Waals surface area contributed by atoms with Crippen molar-refractivity contribution in [1.29, 1.82) is 0 Å². The van der Waals surface area contributed by atoms with E-state index in [0.717, 1.165) is 41.2 Å². The van der Waals surface area contributed by atoms with Crippen molar-refractivity contribution >= 4 is 11.7 Å². The summed E-state index contributed by atoms with van der Waals surface area (Å²) in [6.07, 6.45) is 1.85. The second kappa shape index (κ2) is 5.99. The molecule has 1 aliphatic carbocycles. The number of carbonyl (C=O) groups is 1.